The van der Waals surface area contributed by atoms with Crippen LogP contribution in [0.4, 0.5) is 0 Å². The summed E-state index contributed by atoms with van der Waals surface area (Å²) >= 11 is 0. The van der Waals surface area contributed by atoms with Crippen molar-refractivity contribution in [3.63, 3.8) is 0 Å². The second-order valence-electron chi connectivity index (χ2n) is 4.14. The van der Waals surface area contributed by atoms with Crippen LogP contribution in [0.3, 0.4) is 0 Å². The van der Waals surface area contributed by atoms with E-state index in [1.165, 1.54) is 19.4 Å². The first-order valence-electron chi connectivity index (χ1n) is 6.10. The molecule has 1 N–H and O–H groups in total. The Kier molecular flexibility index (Phi) is 4.27. The van der Waals surface area contributed by atoms with Gasteiger partial charge < -0.3 is 19.3 Å². The molecule has 0 saturated carbocycles. The van der Waals surface area contributed by atoms with Crippen LogP contribution >= 0.6 is 0 Å². The van der Waals surface area contributed by atoms with Gasteiger partial charge in [0.25, 0.3) is 0 Å². The van der Waals surface area contributed by atoms with Gasteiger partial charge in [-0.05, 0) is 12.1 Å². The smallest absolute Gasteiger partial charge is 0.354 e. The first-order chi connectivity index (χ1) is 10.1. The molecule has 2 rings (SSSR count). The minimum Gasteiger partial charge on any atom is -0.497 e. The molecule has 0 radical (unpaired) electrons. The van der Waals surface area contributed by atoms with Crippen LogP contribution in [0.15, 0.2) is 30.5 Å². The molecule has 6 heteroatoms. The Hall–Kier alpha value is -2.76. The van der Waals surface area contributed by atoms with E-state index in [1.54, 1.807) is 32.4 Å². The number of methoxy groups -OCH3 is 3. The van der Waals surface area contributed by atoms with Gasteiger partial charge >= 0.3 is 5.97 Å². The van der Waals surface area contributed by atoms with Gasteiger partial charge in [0.2, 0.25) is 0 Å². The van der Waals surface area contributed by atoms with Crippen molar-refractivity contribution >= 4 is 5.97 Å². The lowest BCUT2D eigenvalue weighted by Crippen LogP contribution is -2.02. The van der Waals surface area contributed by atoms with Gasteiger partial charge in [0.1, 0.15) is 17.2 Å². The Morgan fingerprint density at radius 3 is 2.24 bits per heavy atom. The minimum atomic E-state index is -1.11. The summed E-state index contributed by atoms with van der Waals surface area (Å²) < 4.78 is 15.7. The number of hydrogen-bond acceptors (Lipinski definition) is 5. The molecule has 0 saturated heterocycles. The zero-order chi connectivity index (χ0) is 15.4. The zero-order valence-electron chi connectivity index (χ0n) is 11.9. The van der Waals surface area contributed by atoms with E-state index in [0.29, 0.717) is 22.8 Å². The van der Waals surface area contributed by atoms with Crippen LogP contribution in [0.1, 0.15) is 10.5 Å². The van der Waals surface area contributed by atoms with Gasteiger partial charge in [-0.15, -0.1) is 0 Å². The van der Waals surface area contributed by atoms with E-state index in [-0.39, 0.29) is 5.69 Å². The Morgan fingerprint density at radius 1 is 1.00 bits per heavy atom. The van der Waals surface area contributed by atoms with Crippen molar-refractivity contribution in [2.24, 2.45) is 0 Å². The Bertz CT molecular complexity index is 669. The van der Waals surface area contributed by atoms with E-state index in [4.69, 9.17) is 19.3 Å². The molecule has 0 amide bonds. The SMILES string of the molecule is COc1ccc(-c2cnc(C(=O)O)cc2OC)c(OC)c1. The molecule has 1 heterocycles. The summed E-state index contributed by atoms with van der Waals surface area (Å²) in [7, 11) is 4.59. The topological polar surface area (TPSA) is 77.9 Å². The van der Waals surface area contributed by atoms with Crippen molar-refractivity contribution in [1.82, 2.24) is 4.98 Å². The molecule has 6 nitrogen and oxygen atoms in total. The fraction of sp³-hybridized carbons (Fsp3) is 0.200. The van der Waals surface area contributed by atoms with Gasteiger partial charge in [-0.25, -0.2) is 9.78 Å². The summed E-state index contributed by atoms with van der Waals surface area (Å²) in [4.78, 5) is 14.9. The predicted octanol–water partition coefficient (Wildman–Crippen LogP) is 2.47. The number of ether oxygens (including phenoxy) is 3. The molecule has 0 fully saturated rings. The molecule has 0 bridgehead atoms. The third-order valence-corrected chi connectivity index (χ3v) is 3.00. The number of carboxylic acid groups (broad SMARTS) is 1. The highest BCUT2D eigenvalue weighted by molar-refractivity contribution is 5.87. The monoisotopic (exact) mass is 289 g/mol. The summed E-state index contributed by atoms with van der Waals surface area (Å²) in [5, 5.41) is 8.98. The van der Waals surface area contributed by atoms with Crippen molar-refractivity contribution in [3.05, 3.63) is 36.2 Å². The van der Waals surface area contributed by atoms with Gasteiger partial charge in [-0.1, -0.05) is 0 Å². The molecule has 1 aromatic heterocycles. The van der Waals surface area contributed by atoms with E-state index in [0.717, 1.165) is 5.56 Å². The molecule has 110 valence electrons. The van der Waals surface area contributed by atoms with E-state index in [1.807, 2.05) is 0 Å². The average molecular weight is 289 g/mol. The molecular formula is C15H15NO5. The highest BCUT2D eigenvalue weighted by Gasteiger charge is 2.15. The maximum atomic E-state index is 11.0. The Labute approximate surface area is 121 Å². The number of benzene rings is 1. The van der Waals surface area contributed by atoms with Crippen molar-refractivity contribution in [2.45, 2.75) is 0 Å². The van der Waals surface area contributed by atoms with E-state index < -0.39 is 5.97 Å². The second-order valence-corrected chi connectivity index (χ2v) is 4.14. The lowest BCUT2D eigenvalue weighted by atomic mass is 10.0. The van der Waals surface area contributed by atoms with Gasteiger partial charge in [-0.3, -0.25) is 0 Å². The number of aromatic nitrogens is 1. The molecule has 0 aliphatic rings. The molecule has 21 heavy (non-hydrogen) atoms. The molecule has 0 spiro atoms. The van der Waals surface area contributed by atoms with E-state index in [2.05, 4.69) is 4.98 Å². The fourth-order valence-electron chi connectivity index (χ4n) is 1.95. The predicted molar refractivity (Wildman–Crippen MR) is 76.3 cm³/mol. The lowest BCUT2D eigenvalue weighted by Gasteiger charge is -2.13. The van der Waals surface area contributed by atoms with Gasteiger partial charge in [0.15, 0.2) is 5.69 Å². The minimum absolute atomic E-state index is 0.0805. The van der Waals surface area contributed by atoms with E-state index in [9.17, 15) is 4.79 Å². The van der Waals surface area contributed by atoms with Crippen molar-refractivity contribution in [1.29, 1.82) is 0 Å². The van der Waals surface area contributed by atoms with Crippen LogP contribution in [-0.4, -0.2) is 37.4 Å². The standard InChI is InChI=1S/C15H15NO5/c1-19-9-4-5-10(13(6-9)20-2)11-8-16-12(15(17)18)7-14(11)21-3/h4-8H,1-3H3,(H,17,18). The van der Waals surface area contributed by atoms with Crippen LogP contribution in [0, 0.1) is 0 Å². The zero-order valence-corrected chi connectivity index (χ0v) is 11.9. The highest BCUT2D eigenvalue weighted by Crippen LogP contribution is 2.38. The highest BCUT2D eigenvalue weighted by atomic mass is 16.5. The summed E-state index contributed by atoms with van der Waals surface area (Å²) in [6.45, 7) is 0. The number of carbonyl (C=O) groups is 1. The third-order valence-electron chi connectivity index (χ3n) is 3.00. The summed E-state index contributed by atoms with van der Waals surface area (Å²) in [5.74, 6) is 0.537. The number of nitrogens with zero attached hydrogens (tertiary/aromatic N) is 1. The summed E-state index contributed by atoms with van der Waals surface area (Å²) in [6.07, 6.45) is 1.45. The normalized spacial score (nSPS) is 10.0. The molecule has 1 aromatic carbocycles. The van der Waals surface area contributed by atoms with Gasteiger partial charge in [-0.2, -0.15) is 0 Å². The van der Waals surface area contributed by atoms with Gasteiger partial charge in [0, 0.05) is 29.5 Å². The lowest BCUT2D eigenvalue weighted by molar-refractivity contribution is 0.0690. The number of hydrogen-bond donors (Lipinski definition) is 1. The maximum absolute atomic E-state index is 11.0. The molecule has 0 unspecified atom stereocenters. The summed E-state index contributed by atoms with van der Waals surface area (Å²) in [6, 6.07) is 6.70. The summed E-state index contributed by atoms with van der Waals surface area (Å²) in [5.41, 5.74) is 1.30. The van der Waals surface area contributed by atoms with Crippen LogP contribution in [0.2, 0.25) is 0 Å². The largest absolute Gasteiger partial charge is 0.497 e. The number of aromatic carboxylic acids is 1. The van der Waals surface area contributed by atoms with Gasteiger partial charge in [0.05, 0.1) is 21.3 Å². The first kappa shape index (κ1) is 14.6. The van der Waals surface area contributed by atoms with Crippen molar-refractivity contribution in [3.8, 4) is 28.4 Å². The Morgan fingerprint density at radius 2 is 1.67 bits per heavy atom. The van der Waals surface area contributed by atoms with E-state index >= 15 is 0 Å². The third kappa shape index (κ3) is 2.89. The molecule has 0 atom stereocenters. The van der Waals surface area contributed by atoms with Crippen LogP contribution in [0.25, 0.3) is 11.1 Å². The quantitative estimate of drug-likeness (QED) is 0.911. The van der Waals surface area contributed by atoms with Crippen LogP contribution < -0.4 is 14.2 Å². The van der Waals surface area contributed by atoms with Crippen molar-refractivity contribution < 1.29 is 24.1 Å². The van der Waals surface area contributed by atoms with Crippen molar-refractivity contribution in [2.75, 3.05) is 21.3 Å². The number of rotatable bonds is 5. The molecular weight excluding hydrogens is 274 g/mol. The fourth-order valence-corrected chi connectivity index (χ4v) is 1.95. The first-order valence-corrected chi connectivity index (χ1v) is 6.10. The Balaban J connectivity index is 2.58. The van der Waals surface area contributed by atoms with Crippen LogP contribution in [-0.2, 0) is 0 Å². The number of pyridine rings is 1. The second kappa shape index (κ2) is 6.13. The number of carboxylic acids is 1. The van der Waals surface area contributed by atoms with Crippen LogP contribution in [0.5, 0.6) is 17.2 Å². The average Bonchev–Trinajstić information content (AvgIpc) is 2.53. The molecule has 0 aliphatic carbocycles. The molecule has 2 aromatic rings. The maximum Gasteiger partial charge on any atom is 0.354 e. The molecule has 0 aliphatic heterocycles.